The summed E-state index contributed by atoms with van der Waals surface area (Å²) in [5, 5.41) is 18.3. The second-order valence-electron chi connectivity index (χ2n) is 5.74. The second kappa shape index (κ2) is 14.0. The van der Waals surface area contributed by atoms with Gasteiger partial charge in [0.05, 0.1) is 25.4 Å². The number of aliphatic hydroxyl groups is 2. The highest BCUT2D eigenvalue weighted by Gasteiger charge is 2.22. The number of ether oxygens (including phenoxy) is 1. The first-order valence-electron chi connectivity index (χ1n) is 8.97. The molecule has 24 heavy (non-hydrogen) atoms. The summed E-state index contributed by atoms with van der Waals surface area (Å²) in [6, 6.07) is 7.92. The van der Waals surface area contributed by atoms with E-state index in [1.165, 1.54) is 0 Å². The van der Waals surface area contributed by atoms with Crippen LogP contribution in [0.1, 0.15) is 52.0 Å². The third kappa shape index (κ3) is 9.71. The van der Waals surface area contributed by atoms with Crippen molar-refractivity contribution in [3.05, 3.63) is 42.0 Å². The molecule has 0 saturated heterocycles. The van der Waals surface area contributed by atoms with Crippen molar-refractivity contribution in [2.24, 2.45) is 5.73 Å². The zero-order valence-electron chi connectivity index (χ0n) is 15.5. The van der Waals surface area contributed by atoms with Crippen LogP contribution in [0.2, 0.25) is 0 Å². The number of aryl methyl sites for hydroxylation is 1. The van der Waals surface area contributed by atoms with Gasteiger partial charge in [-0.1, -0.05) is 38.1 Å². The Morgan fingerprint density at radius 2 is 1.71 bits per heavy atom. The van der Waals surface area contributed by atoms with Crippen molar-refractivity contribution in [2.45, 2.75) is 58.4 Å². The summed E-state index contributed by atoms with van der Waals surface area (Å²) in [6.07, 6.45) is 8.81. The van der Waals surface area contributed by atoms with Crippen LogP contribution in [-0.2, 0) is 6.42 Å². The van der Waals surface area contributed by atoms with E-state index in [1.54, 1.807) is 0 Å². The zero-order valence-corrected chi connectivity index (χ0v) is 15.5. The highest BCUT2D eigenvalue weighted by Crippen LogP contribution is 2.16. The number of allylic oxidation sites excluding steroid dienone is 2. The van der Waals surface area contributed by atoms with E-state index in [2.05, 4.69) is 12.2 Å². The van der Waals surface area contributed by atoms with Gasteiger partial charge in [-0.25, -0.2) is 0 Å². The first kappa shape index (κ1) is 22.6. The number of unbranched alkanes of at least 4 members (excludes halogenated alkanes) is 2. The Morgan fingerprint density at radius 3 is 2.25 bits per heavy atom. The topological polar surface area (TPSA) is 75.7 Å². The Balaban J connectivity index is 0.00000254. The fourth-order valence-corrected chi connectivity index (χ4v) is 2.07. The Morgan fingerprint density at radius 1 is 1.08 bits per heavy atom. The molecule has 0 heterocycles. The summed E-state index contributed by atoms with van der Waals surface area (Å²) in [7, 11) is 0. The number of rotatable bonds is 11. The van der Waals surface area contributed by atoms with Crippen molar-refractivity contribution >= 4 is 0 Å². The van der Waals surface area contributed by atoms with E-state index in [-0.39, 0.29) is 13.2 Å². The van der Waals surface area contributed by atoms with E-state index >= 15 is 0 Å². The Kier molecular flexibility index (Phi) is 13.2. The molecule has 0 aliphatic carbocycles. The van der Waals surface area contributed by atoms with E-state index in [4.69, 9.17) is 10.5 Å². The molecule has 0 spiro atoms. The van der Waals surface area contributed by atoms with Gasteiger partial charge in [-0.2, -0.15) is 0 Å². The van der Waals surface area contributed by atoms with E-state index in [0.29, 0.717) is 6.42 Å². The third-order valence-corrected chi connectivity index (χ3v) is 3.73. The molecule has 1 rings (SSSR count). The summed E-state index contributed by atoms with van der Waals surface area (Å²) in [5.41, 5.74) is 6.08. The van der Waals surface area contributed by atoms with Gasteiger partial charge in [-0.3, -0.25) is 0 Å². The first-order chi connectivity index (χ1) is 11.6. The highest BCUT2D eigenvalue weighted by molar-refractivity contribution is 5.27. The van der Waals surface area contributed by atoms with Crippen LogP contribution < -0.4 is 10.5 Å². The molecule has 0 fully saturated rings. The molecule has 1 aromatic carbocycles. The number of hydrogen-bond acceptors (Lipinski definition) is 4. The van der Waals surface area contributed by atoms with Crippen LogP contribution in [0.3, 0.4) is 0 Å². The summed E-state index contributed by atoms with van der Waals surface area (Å²) >= 11 is 0. The lowest BCUT2D eigenvalue weighted by molar-refractivity contribution is 0.115. The van der Waals surface area contributed by atoms with Gasteiger partial charge in [0.25, 0.3) is 0 Å². The average molecular weight is 338 g/mol. The van der Waals surface area contributed by atoms with E-state index < -0.39 is 5.54 Å². The summed E-state index contributed by atoms with van der Waals surface area (Å²) in [6.45, 7) is 6.35. The molecule has 0 aliphatic rings. The smallest absolute Gasteiger partial charge is 0.119 e. The third-order valence-electron chi connectivity index (χ3n) is 3.73. The quantitative estimate of drug-likeness (QED) is 0.427. The van der Waals surface area contributed by atoms with Gasteiger partial charge in [0.2, 0.25) is 0 Å². The first-order valence-corrected chi connectivity index (χ1v) is 8.97. The lowest BCUT2D eigenvalue weighted by Crippen LogP contribution is -2.47. The SMILES string of the molecule is C/C=C\CCCCOc1ccc(CCC(N)(CO)CO)cc1.CC. The molecule has 0 atom stereocenters. The monoisotopic (exact) mass is 337 g/mol. The van der Waals surface area contributed by atoms with Crippen LogP contribution in [-0.4, -0.2) is 35.6 Å². The summed E-state index contributed by atoms with van der Waals surface area (Å²) in [4.78, 5) is 0. The lowest BCUT2D eigenvalue weighted by atomic mass is 9.94. The Labute approximate surface area is 147 Å². The van der Waals surface area contributed by atoms with Crippen molar-refractivity contribution in [3.63, 3.8) is 0 Å². The minimum absolute atomic E-state index is 0.210. The highest BCUT2D eigenvalue weighted by atomic mass is 16.5. The van der Waals surface area contributed by atoms with Gasteiger partial charge in [0.1, 0.15) is 5.75 Å². The van der Waals surface area contributed by atoms with Crippen molar-refractivity contribution in [3.8, 4) is 5.75 Å². The summed E-state index contributed by atoms with van der Waals surface area (Å²) < 4.78 is 5.70. The maximum atomic E-state index is 9.17. The molecule has 0 unspecified atom stereocenters. The number of aliphatic hydroxyl groups excluding tert-OH is 2. The fourth-order valence-electron chi connectivity index (χ4n) is 2.07. The predicted molar refractivity (Wildman–Crippen MR) is 101 cm³/mol. The molecule has 1 aromatic rings. The molecule has 4 nitrogen and oxygen atoms in total. The molecule has 4 N–H and O–H groups in total. The van der Waals surface area contributed by atoms with E-state index in [9.17, 15) is 10.2 Å². The maximum absolute atomic E-state index is 9.17. The minimum atomic E-state index is -0.901. The van der Waals surface area contributed by atoms with Gasteiger partial charge in [0.15, 0.2) is 0 Å². The number of benzene rings is 1. The van der Waals surface area contributed by atoms with Crippen molar-refractivity contribution in [1.29, 1.82) is 0 Å². The minimum Gasteiger partial charge on any atom is -0.494 e. The fraction of sp³-hybridized carbons (Fsp3) is 0.600. The Bertz CT molecular complexity index is 425. The van der Waals surface area contributed by atoms with Gasteiger partial charge < -0.3 is 20.7 Å². The van der Waals surface area contributed by atoms with Crippen molar-refractivity contribution < 1.29 is 14.9 Å². The lowest BCUT2D eigenvalue weighted by Gasteiger charge is -2.24. The van der Waals surface area contributed by atoms with Crippen LogP contribution in [0.4, 0.5) is 0 Å². The molecule has 0 aromatic heterocycles. The molecule has 0 amide bonds. The molecule has 0 saturated carbocycles. The molecule has 0 bridgehead atoms. The van der Waals surface area contributed by atoms with Gasteiger partial charge in [-0.05, 0) is 56.7 Å². The maximum Gasteiger partial charge on any atom is 0.119 e. The average Bonchev–Trinajstić information content (AvgIpc) is 2.65. The number of nitrogens with two attached hydrogens (primary N) is 1. The van der Waals surface area contributed by atoms with Crippen LogP contribution in [0, 0.1) is 0 Å². The van der Waals surface area contributed by atoms with E-state index in [0.717, 1.165) is 43.6 Å². The molecule has 4 heteroatoms. The normalized spacial score (nSPS) is 11.2. The van der Waals surface area contributed by atoms with Gasteiger partial charge in [0, 0.05) is 0 Å². The predicted octanol–water partition coefficient (Wildman–Crippen LogP) is 3.45. The standard InChI is InChI=1S/C18H29NO3.C2H6/c1-2-3-4-5-6-13-22-17-9-7-16(8-10-17)11-12-18(19,14-20)15-21;1-2/h2-3,7-10,20-21H,4-6,11-15,19H2,1H3;1-2H3/b3-2-;. The number of hydrogen-bond donors (Lipinski definition) is 3. The Hall–Kier alpha value is -1.36. The van der Waals surface area contributed by atoms with Crippen LogP contribution in [0.25, 0.3) is 0 Å². The molecular formula is C20H35NO3. The summed E-state index contributed by atoms with van der Waals surface area (Å²) in [5.74, 6) is 0.873. The molecule has 0 radical (unpaired) electrons. The van der Waals surface area contributed by atoms with Crippen LogP contribution in [0.5, 0.6) is 5.75 Å². The largest absolute Gasteiger partial charge is 0.494 e. The van der Waals surface area contributed by atoms with E-state index in [1.807, 2.05) is 45.0 Å². The van der Waals surface area contributed by atoms with Gasteiger partial charge >= 0.3 is 0 Å². The second-order valence-corrected chi connectivity index (χ2v) is 5.74. The van der Waals surface area contributed by atoms with Crippen molar-refractivity contribution in [1.82, 2.24) is 0 Å². The molecule has 0 aliphatic heterocycles. The molecular weight excluding hydrogens is 302 g/mol. The van der Waals surface area contributed by atoms with Crippen molar-refractivity contribution in [2.75, 3.05) is 19.8 Å². The van der Waals surface area contributed by atoms with Gasteiger partial charge in [-0.15, -0.1) is 0 Å². The van der Waals surface area contributed by atoms with Crippen LogP contribution in [0.15, 0.2) is 36.4 Å². The zero-order chi connectivity index (χ0) is 18.3. The van der Waals surface area contributed by atoms with Crippen LogP contribution >= 0.6 is 0 Å². The molecule has 138 valence electrons.